The van der Waals surface area contributed by atoms with E-state index in [4.69, 9.17) is 16.3 Å². The van der Waals surface area contributed by atoms with Gasteiger partial charge in [-0.3, -0.25) is 4.79 Å². The Morgan fingerprint density at radius 1 is 1.16 bits per heavy atom. The zero-order valence-corrected chi connectivity index (χ0v) is 20.0. The van der Waals surface area contributed by atoms with E-state index in [-0.39, 0.29) is 17.8 Å². The lowest BCUT2D eigenvalue weighted by Crippen LogP contribution is -2.16. The van der Waals surface area contributed by atoms with E-state index in [2.05, 4.69) is 15.5 Å². The molecule has 0 aliphatic rings. The molecule has 0 saturated carbocycles. The van der Waals surface area contributed by atoms with Crippen LogP contribution in [0.2, 0.25) is 5.02 Å². The second-order valence-corrected chi connectivity index (χ2v) is 8.75. The fourth-order valence-electron chi connectivity index (χ4n) is 2.94. The Hall–Kier alpha value is -2.84. The minimum atomic E-state index is -0.471. The van der Waals surface area contributed by atoms with Crippen molar-refractivity contribution in [2.75, 3.05) is 11.1 Å². The summed E-state index contributed by atoms with van der Waals surface area (Å²) in [6.45, 7) is 8.25. The molecule has 0 atom stereocenters. The maximum Gasteiger partial charge on any atom is 0.338 e. The predicted molar refractivity (Wildman–Crippen MR) is 127 cm³/mol. The van der Waals surface area contributed by atoms with Gasteiger partial charge in [0.1, 0.15) is 0 Å². The summed E-state index contributed by atoms with van der Waals surface area (Å²) in [6.07, 6.45) is -0.242. The number of carbonyl (C=O) groups excluding carboxylic acids is 2. The SMILES string of the molecule is CCn1c(SCC(=O)Nc2cc(C(=O)OC(C)C)ccc2Cl)nnc1-c1ccc(C)cc1. The van der Waals surface area contributed by atoms with E-state index in [1.54, 1.807) is 26.0 Å². The van der Waals surface area contributed by atoms with Crippen molar-refractivity contribution in [1.29, 1.82) is 0 Å². The normalized spacial score (nSPS) is 10.9. The second-order valence-electron chi connectivity index (χ2n) is 7.40. The summed E-state index contributed by atoms with van der Waals surface area (Å²) in [4.78, 5) is 24.7. The molecular formula is C23H25ClN4O3S. The van der Waals surface area contributed by atoms with Crippen LogP contribution in [0.25, 0.3) is 11.4 Å². The number of nitrogens with one attached hydrogen (secondary N) is 1. The van der Waals surface area contributed by atoms with Gasteiger partial charge in [0.05, 0.1) is 28.1 Å². The number of esters is 1. The van der Waals surface area contributed by atoms with Gasteiger partial charge in [0.15, 0.2) is 11.0 Å². The van der Waals surface area contributed by atoms with Crippen molar-refractivity contribution >= 4 is 40.9 Å². The number of nitrogens with zero attached hydrogens (tertiary/aromatic N) is 3. The summed E-state index contributed by atoms with van der Waals surface area (Å²) in [5.74, 6) is 0.133. The molecule has 168 valence electrons. The smallest absolute Gasteiger partial charge is 0.338 e. The average Bonchev–Trinajstić information content (AvgIpc) is 3.16. The van der Waals surface area contributed by atoms with E-state index in [9.17, 15) is 9.59 Å². The number of benzene rings is 2. The highest BCUT2D eigenvalue weighted by atomic mass is 35.5. The molecular weight excluding hydrogens is 448 g/mol. The number of halogens is 1. The Morgan fingerprint density at radius 2 is 1.88 bits per heavy atom. The van der Waals surface area contributed by atoms with E-state index in [1.165, 1.54) is 23.4 Å². The number of amides is 1. The zero-order valence-electron chi connectivity index (χ0n) is 18.4. The van der Waals surface area contributed by atoms with Crippen LogP contribution in [0.1, 0.15) is 36.7 Å². The highest BCUT2D eigenvalue weighted by Gasteiger charge is 2.16. The first-order valence-corrected chi connectivity index (χ1v) is 11.6. The summed E-state index contributed by atoms with van der Waals surface area (Å²) in [7, 11) is 0. The number of aromatic nitrogens is 3. The number of aryl methyl sites for hydroxylation is 1. The van der Waals surface area contributed by atoms with Crippen molar-refractivity contribution in [2.24, 2.45) is 0 Å². The van der Waals surface area contributed by atoms with Crippen LogP contribution in [0.15, 0.2) is 47.6 Å². The molecule has 1 N–H and O–H groups in total. The lowest BCUT2D eigenvalue weighted by molar-refractivity contribution is -0.113. The van der Waals surface area contributed by atoms with Crippen molar-refractivity contribution in [2.45, 2.75) is 45.5 Å². The molecule has 0 saturated heterocycles. The molecule has 0 spiro atoms. The van der Waals surface area contributed by atoms with Crippen LogP contribution >= 0.6 is 23.4 Å². The monoisotopic (exact) mass is 472 g/mol. The minimum absolute atomic E-state index is 0.114. The Kier molecular flexibility index (Phi) is 7.93. The maximum absolute atomic E-state index is 12.5. The third-order valence-electron chi connectivity index (χ3n) is 4.49. The lowest BCUT2D eigenvalue weighted by atomic mass is 10.1. The quantitative estimate of drug-likeness (QED) is 0.357. The maximum atomic E-state index is 12.5. The molecule has 32 heavy (non-hydrogen) atoms. The Morgan fingerprint density at radius 3 is 2.53 bits per heavy atom. The molecule has 3 rings (SSSR count). The van der Waals surface area contributed by atoms with Crippen molar-refractivity contribution in [3.63, 3.8) is 0 Å². The fraction of sp³-hybridized carbons (Fsp3) is 0.304. The summed E-state index contributed by atoms with van der Waals surface area (Å²) < 4.78 is 7.17. The molecule has 2 aromatic carbocycles. The van der Waals surface area contributed by atoms with Gasteiger partial charge in [-0.1, -0.05) is 53.2 Å². The predicted octanol–water partition coefficient (Wildman–Crippen LogP) is 5.22. The number of carbonyl (C=O) groups is 2. The van der Waals surface area contributed by atoms with Crippen molar-refractivity contribution in [3.05, 3.63) is 58.6 Å². The molecule has 0 bridgehead atoms. The molecule has 7 nitrogen and oxygen atoms in total. The Labute approximate surface area is 196 Å². The zero-order chi connectivity index (χ0) is 23.3. The number of thioether (sulfide) groups is 1. The van der Waals surface area contributed by atoms with Gasteiger partial charge < -0.3 is 14.6 Å². The van der Waals surface area contributed by atoms with E-state index in [0.717, 1.165) is 11.4 Å². The molecule has 9 heteroatoms. The first-order chi connectivity index (χ1) is 15.3. The first-order valence-electron chi connectivity index (χ1n) is 10.2. The number of ether oxygens (including phenoxy) is 1. The van der Waals surface area contributed by atoms with E-state index in [1.807, 2.05) is 42.7 Å². The van der Waals surface area contributed by atoms with Gasteiger partial charge in [0.25, 0.3) is 0 Å². The molecule has 0 aliphatic heterocycles. The third-order valence-corrected chi connectivity index (χ3v) is 5.79. The summed E-state index contributed by atoms with van der Waals surface area (Å²) >= 11 is 7.48. The molecule has 0 unspecified atom stereocenters. The molecule has 1 heterocycles. The Balaban J connectivity index is 1.68. The number of anilines is 1. The van der Waals surface area contributed by atoms with Crippen LogP contribution in [-0.4, -0.2) is 38.5 Å². The fourth-order valence-corrected chi connectivity index (χ4v) is 3.91. The number of rotatable bonds is 8. The first kappa shape index (κ1) is 23.8. The van der Waals surface area contributed by atoms with Gasteiger partial charge in [0, 0.05) is 12.1 Å². The highest BCUT2D eigenvalue weighted by Crippen LogP contribution is 2.26. The molecule has 3 aromatic rings. The largest absolute Gasteiger partial charge is 0.459 e. The number of hydrogen-bond donors (Lipinski definition) is 1. The summed E-state index contributed by atoms with van der Waals surface area (Å²) in [5, 5.41) is 12.3. The standard InChI is InChI=1S/C23H25ClN4O3S/c1-5-28-21(16-8-6-15(4)7-9-16)26-27-23(28)32-13-20(29)25-19-12-17(10-11-18(19)24)22(30)31-14(2)3/h6-12,14H,5,13H2,1-4H3,(H,25,29). The minimum Gasteiger partial charge on any atom is -0.459 e. The van der Waals surface area contributed by atoms with Crippen molar-refractivity contribution < 1.29 is 14.3 Å². The van der Waals surface area contributed by atoms with E-state index >= 15 is 0 Å². The van der Waals surface area contributed by atoms with Crippen LogP contribution < -0.4 is 5.32 Å². The molecule has 1 amide bonds. The highest BCUT2D eigenvalue weighted by molar-refractivity contribution is 7.99. The van der Waals surface area contributed by atoms with Gasteiger partial charge >= 0.3 is 5.97 Å². The Bertz CT molecular complexity index is 1110. The van der Waals surface area contributed by atoms with Gasteiger partial charge in [-0.05, 0) is 45.9 Å². The molecule has 0 radical (unpaired) electrons. The lowest BCUT2D eigenvalue weighted by Gasteiger charge is -2.11. The van der Waals surface area contributed by atoms with Gasteiger partial charge in [0.2, 0.25) is 5.91 Å². The van der Waals surface area contributed by atoms with E-state index in [0.29, 0.717) is 28.0 Å². The van der Waals surface area contributed by atoms with Crippen LogP contribution in [0, 0.1) is 6.92 Å². The van der Waals surface area contributed by atoms with Gasteiger partial charge in [-0.2, -0.15) is 0 Å². The van der Waals surface area contributed by atoms with Crippen LogP contribution in [0.3, 0.4) is 0 Å². The van der Waals surface area contributed by atoms with Crippen LogP contribution in [-0.2, 0) is 16.1 Å². The summed E-state index contributed by atoms with van der Waals surface area (Å²) in [6, 6.07) is 12.7. The van der Waals surface area contributed by atoms with Crippen LogP contribution in [0.5, 0.6) is 0 Å². The molecule has 1 aromatic heterocycles. The van der Waals surface area contributed by atoms with Gasteiger partial charge in [-0.15, -0.1) is 10.2 Å². The number of hydrogen-bond acceptors (Lipinski definition) is 6. The van der Waals surface area contributed by atoms with Gasteiger partial charge in [-0.25, -0.2) is 4.79 Å². The average molecular weight is 473 g/mol. The van der Waals surface area contributed by atoms with Crippen molar-refractivity contribution in [3.8, 4) is 11.4 Å². The van der Waals surface area contributed by atoms with E-state index < -0.39 is 5.97 Å². The van der Waals surface area contributed by atoms with Crippen molar-refractivity contribution in [1.82, 2.24) is 14.8 Å². The molecule has 0 fully saturated rings. The summed E-state index contributed by atoms with van der Waals surface area (Å²) in [5.41, 5.74) is 2.81. The molecule has 0 aliphatic carbocycles. The van der Waals surface area contributed by atoms with Crippen LogP contribution in [0.4, 0.5) is 5.69 Å². The topological polar surface area (TPSA) is 86.1 Å². The third kappa shape index (κ3) is 5.89. The second kappa shape index (κ2) is 10.7.